The highest BCUT2D eigenvalue weighted by atomic mass is 16.5. The van der Waals surface area contributed by atoms with Crippen molar-refractivity contribution in [1.29, 1.82) is 0 Å². The first kappa shape index (κ1) is 13.8. The minimum Gasteiger partial charge on any atom is -0.491 e. The van der Waals surface area contributed by atoms with E-state index in [4.69, 9.17) is 16.2 Å². The number of benzene rings is 1. The zero-order valence-corrected chi connectivity index (χ0v) is 10.7. The third-order valence-corrected chi connectivity index (χ3v) is 2.82. The van der Waals surface area contributed by atoms with Gasteiger partial charge < -0.3 is 16.2 Å². The predicted octanol–water partition coefficient (Wildman–Crippen LogP) is 2.95. The lowest BCUT2D eigenvalue weighted by molar-refractivity contribution is 0.301. The average molecular weight is 236 g/mol. The Labute approximate surface area is 104 Å². The van der Waals surface area contributed by atoms with Crippen molar-refractivity contribution < 1.29 is 4.74 Å². The molecule has 0 aromatic heterocycles. The number of ether oxygens (including phenoxy) is 1. The van der Waals surface area contributed by atoms with Crippen molar-refractivity contribution in [1.82, 2.24) is 0 Å². The van der Waals surface area contributed by atoms with Gasteiger partial charge in [0.25, 0.3) is 0 Å². The molecule has 1 unspecified atom stereocenters. The molecule has 3 nitrogen and oxygen atoms in total. The van der Waals surface area contributed by atoms with Crippen molar-refractivity contribution in [2.75, 3.05) is 12.3 Å². The third-order valence-electron chi connectivity index (χ3n) is 2.82. The van der Waals surface area contributed by atoms with Crippen LogP contribution in [0.25, 0.3) is 0 Å². The molecule has 0 aliphatic carbocycles. The lowest BCUT2D eigenvalue weighted by atomic mass is 10.1. The molecule has 17 heavy (non-hydrogen) atoms. The van der Waals surface area contributed by atoms with Gasteiger partial charge in [0.05, 0.1) is 12.3 Å². The van der Waals surface area contributed by atoms with Crippen LogP contribution < -0.4 is 16.2 Å². The molecule has 0 saturated heterocycles. The molecule has 0 spiro atoms. The first-order chi connectivity index (χ1) is 8.24. The number of hydrogen-bond donors (Lipinski definition) is 2. The molecule has 1 atom stereocenters. The van der Waals surface area contributed by atoms with E-state index in [0.717, 1.165) is 25.0 Å². The van der Waals surface area contributed by atoms with Crippen LogP contribution in [-0.4, -0.2) is 12.6 Å². The Morgan fingerprint density at radius 3 is 2.59 bits per heavy atom. The Hall–Kier alpha value is -1.22. The third kappa shape index (κ3) is 5.59. The fraction of sp³-hybridized carbons (Fsp3) is 0.571. The molecule has 0 radical (unpaired) electrons. The van der Waals surface area contributed by atoms with E-state index >= 15 is 0 Å². The molecule has 0 aliphatic heterocycles. The molecule has 1 rings (SSSR count). The molecule has 1 aromatic carbocycles. The Morgan fingerprint density at radius 1 is 1.18 bits per heavy atom. The van der Waals surface area contributed by atoms with Gasteiger partial charge in [-0.25, -0.2) is 0 Å². The van der Waals surface area contributed by atoms with Crippen molar-refractivity contribution in [3.05, 3.63) is 24.3 Å². The maximum Gasteiger partial charge on any atom is 0.142 e. The van der Waals surface area contributed by atoms with Gasteiger partial charge >= 0.3 is 0 Å². The molecule has 3 heteroatoms. The second kappa shape index (κ2) is 7.96. The van der Waals surface area contributed by atoms with E-state index in [1.165, 1.54) is 12.8 Å². The molecule has 0 amide bonds. The second-order valence-corrected chi connectivity index (χ2v) is 4.43. The van der Waals surface area contributed by atoms with E-state index in [9.17, 15) is 0 Å². The molecule has 0 fully saturated rings. The van der Waals surface area contributed by atoms with Crippen LogP contribution in [0, 0.1) is 0 Å². The highest BCUT2D eigenvalue weighted by molar-refractivity contribution is 5.51. The summed E-state index contributed by atoms with van der Waals surface area (Å²) in [4.78, 5) is 0. The van der Waals surface area contributed by atoms with Crippen molar-refractivity contribution in [2.24, 2.45) is 5.73 Å². The number of para-hydroxylation sites is 2. The van der Waals surface area contributed by atoms with E-state index in [1.807, 2.05) is 24.3 Å². The molecule has 0 heterocycles. The molecule has 96 valence electrons. The van der Waals surface area contributed by atoms with E-state index in [1.54, 1.807) is 0 Å². The topological polar surface area (TPSA) is 61.3 Å². The number of anilines is 1. The van der Waals surface area contributed by atoms with Crippen LogP contribution >= 0.6 is 0 Å². The quantitative estimate of drug-likeness (QED) is 0.539. The summed E-state index contributed by atoms with van der Waals surface area (Å²) in [7, 11) is 0. The van der Waals surface area contributed by atoms with Gasteiger partial charge in [-0.2, -0.15) is 0 Å². The number of unbranched alkanes of at least 4 members (excludes halogenated alkanes) is 1. The van der Waals surface area contributed by atoms with Crippen LogP contribution in [0.15, 0.2) is 24.3 Å². The summed E-state index contributed by atoms with van der Waals surface area (Å²) in [6, 6.07) is 7.89. The number of rotatable bonds is 8. The van der Waals surface area contributed by atoms with E-state index < -0.39 is 0 Å². The predicted molar refractivity (Wildman–Crippen MR) is 73.1 cm³/mol. The smallest absolute Gasteiger partial charge is 0.142 e. The summed E-state index contributed by atoms with van der Waals surface area (Å²) in [6.07, 6.45) is 5.55. The lowest BCUT2D eigenvalue weighted by Gasteiger charge is -2.12. The summed E-state index contributed by atoms with van der Waals surface area (Å²) in [5.74, 6) is 0.773. The van der Waals surface area contributed by atoms with Gasteiger partial charge in [-0.05, 0) is 31.4 Å². The maximum atomic E-state index is 5.99. The molecule has 0 saturated carbocycles. The minimum atomic E-state index is 0.312. The van der Waals surface area contributed by atoms with Crippen molar-refractivity contribution in [2.45, 2.75) is 45.1 Å². The van der Waals surface area contributed by atoms with Gasteiger partial charge in [0.15, 0.2) is 0 Å². The standard InChI is InChI=1S/C14H24N2O/c1-2-3-7-12(15)8-6-11-17-14-10-5-4-9-13(14)16/h4-5,9-10,12H,2-3,6-8,11,15-16H2,1H3. The second-order valence-electron chi connectivity index (χ2n) is 4.43. The Morgan fingerprint density at radius 2 is 1.88 bits per heavy atom. The summed E-state index contributed by atoms with van der Waals surface area (Å²) >= 11 is 0. The van der Waals surface area contributed by atoms with Gasteiger partial charge in [0.2, 0.25) is 0 Å². The van der Waals surface area contributed by atoms with Crippen LogP contribution in [0.5, 0.6) is 5.75 Å². The molecular weight excluding hydrogens is 212 g/mol. The van der Waals surface area contributed by atoms with E-state index in [2.05, 4.69) is 6.92 Å². The summed E-state index contributed by atoms with van der Waals surface area (Å²) in [5.41, 5.74) is 12.5. The molecule has 4 N–H and O–H groups in total. The van der Waals surface area contributed by atoms with Crippen molar-refractivity contribution in [3.8, 4) is 5.75 Å². The SMILES string of the molecule is CCCCC(N)CCCOc1ccccc1N. The first-order valence-corrected chi connectivity index (χ1v) is 6.47. The monoisotopic (exact) mass is 236 g/mol. The Bertz CT molecular complexity index is 315. The first-order valence-electron chi connectivity index (χ1n) is 6.47. The van der Waals surface area contributed by atoms with Gasteiger partial charge in [-0.15, -0.1) is 0 Å². The van der Waals surface area contributed by atoms with Gasteiger partial charge in [-0.1, -0.05) is 31.9 Å². The molecular formula is C14H24N2O. The summed E-state index contributed by atoms with van der Waals surface area (Å²) in [6.45, 7) is 2.88. The Kier molecular flexibility index (Phi) is 6.48. The molecule has 0 bridgehead atoms. The van der Waals surface area contributed by atoms with E-state index in [0.29, 0.717) is 18.3 Å². The lowest BCUT2D eigenvalue weighted by Crippen LogP contribution is -2.20. The van der Waals surface area contributed by atoms with Crippen LogP contribution in [0.1, 0.15) is 39.0 Å². The Balaban J connectivity index is 2.14. The van der Waals surface area contributed by atoms with Gasteiger partial charge in [-0.3, -0.25) is 0 Å². The van der Waals surface area contributed by atoms with Crippen molar-refractivity contribution in [3.63, 3.8) is 0 Å². The fourth-order valence-corrected chi connectivity index (χ4v) is 1.75. The highest BCUT2D eigenvalue weighted by Crippen LogP contribution is 2.20. The highest BCUT2D eigenvalue weighted by Gasteiger charge is 2.02. The van der Waals surface area contributed by atoms with Crippen LogP contribution in [-0.2, 0) is 0 Å². The number of nitrogen functional groups attached to an aromatic ring is 1. The fourth-order valence-electron chi connectivity index (χ4n) is 1.75. The summed E-state index contributed by atoms with van der Waals surface area (Å²) < 4.78 is 5.61. The minimum absolute atomic E-state index is 0.312. The maximum absolute atomic E-state index is 5.99. The van der Waals surface area contributed by atoms with E-state index in [-0.39, 0.29) is 0 Å². The van der Waals surface area contributed by atoms with Crippen LogP contribution in [0.2, 0.25) is 0 Å². The number of hydrogen-bond acceptors (Lipinski definition) is 3. The van der Waals surface area contributed by atoms with Crippen molar-refractivity contribution >= 4 is 5.69 Å². The largest absolute Gasteiger partial charge is 0.491 e. The molecule has 1 aromatic rings. The normalized spacial score (nSPS) is 12.4. The number of nitrogens with two attached hydrogens (primary N) is 2. The van der Waals surface area contributed by atoms with Gasteiger partial charge in [0, 0.05) is 6.04 Å². The summed E-state index contributed by atoms with van der Waals surface area (Å²) in [5, 5.41) is 0. The van der Waals surface area contributed by atoms with Crippen LogP contribution in [0.3, 0.4) is 0 Å². The van der Waals surface area contributed by atoms with Gasteiger partial charge in [0.1, 0.15) is 5.75 Å². The zero-order chi connectivity index (χ0) is 12.5. The zero-order valence-electron chi connectivity index (χ0n) is 10.7. The van der Waals surface area contributed by atoms with Crippen LogP contribution in [0.4, 0.5) is 5.69 Å². The molecule has 0 aliphatic rings. The average Bonchev–Trinajstić information content (AvgIpc) is 2.34.